The van der Waals surface area contributed by atoms with Crippen molar-refractivity contribution in [3.05, 3.63) is 29.8 Å². The topological polar surface area (TPSA) is 51.8 Å². The molecule has 4 heteroatoms. The molecule has 0 saturated carbocycles. The van der Waals surface area contributed by atoms with Crippen LogP contribution < -0.4 is 0 Å². The zero-order valence-corrected chi connectivity index (χ0v) is 9.06. The highest BCUT2D eigenvalue weighted by molar-refractivity contribution is 5.52. The lowest BCUT2D eigenvalue weighted by molar-refractivity contribution is 0.419. The SMILES string of the molecule is Cc1cc(-c2nc(C(C)C)no2)ccn1. The molecule has 0 aliphatic heterocycles. The van der Waals surface area contributed by atoms with Crippen molar-refractivity contribution >= 4 is 0 Å². The molecule has 2 aromatic rings. The average Bonchev–Trinajstić information content (AvgIpc) is 2.66. The second-order valence-corrected chi connectivity index (χ2v) is 3.80. The Hall–Kier alpha value is -1.71. The molecule has 2 aromatic heterocycles. The lowest BCUT2D eigenvalue weighted by Crippen LogP contribution is -1.89. The van der Waals surface area contributed by atoms with E-state index in [-0.39, 0.29) is 5.92 Å². The van der Waals surface area contributed by atoms with Gasteiger partial charge in [0.15, 0.2) is 5.82 Å². The second-order valence-electron chi connectivity index (χ2n) is 3.80. The maximum absolute atomic E-state index is 5.18. The van der Waals surface area contributed by atoms with Crippen LogP contribution in [0.1, 0.15) is 31.3 Å². The minimum absolute atomic E-state index is 0.283. The van der Waals surface area contributed by atoms with Gasteiger partial charge in [0, 0.05) is 23.4 Å². The molecule has 0 fully saturated rings. The summed E-state index contributed by atoms with van der Waals surface area (Å²) in [5.74, 6) is 1.58. The van der Waals surface area contributed by atoms with Gasteiger partial charge in [0.05, 0.1) is 0 Å². The molecular formula is C11H13N3O. The van der Waals surface area contributed by atoms with E-state index < -0.39 is 0 Å². The van der Waals surface area contributed by atoms with Crippen LogP contribution in [0.25, 0.3) is 11.5 Å². The van der Waals surface area contributed by atoms with Crippen LogP contribution in [0.15, 0.2) is 22.9 Å². The van der Waals surface area contributed by atoms with Crippen LogP contribution in [-0.4, -0.2) is 15.1 Å². The van der Waals surface area contributed by atoms with Gasteiger partial charge in [-0.3, -0.25) is 4.98 Å². The molecule has 0 radical (unpaired) electrons. The number of aromatic nitrogens is 3. The molecule has 78 valence electrons. The Morgan fingerprint density at radius 2 is 2.13 bits per heavy atom. The molecule has 0 aliphatic rings. The van der Waals surface area contributed by atoms with Crippen molar-refractivity contribution in [3.8, 4) is 11.5 Å². The summed E-state index contributed by atoms with van der Waals surface area (Å²) >= 11 is 0. The first-order valence-electron chi connectivity index (χ1n) is 4.93. The third-order valence-electron chi connectivity index (χ3n) is 2.10. The molecular weight excluding hydrogens is 190 g/mol. The van der Waals surface area contributed by atoms with E-state index in [2.05, 4.69) is 15.1 Å². The molecule has 0 aliphatic carbocycles. The number of hydrogen-bond acceptors (Lipinski definition) is 4. The van der Waals surface area contributed by atoms with Crippen LogP contribution in [0.2, 0.25) is 0 Å². The lowest BCUT2D eigenvalue weighted by atomic mass is 10.2. The van der Waals surface area contributed by atoms with Crippen LogP contribution in [0.4, 0.5) is 0 Å². The van der Waals surface area contributed by atoms with Crippen molar-refractivity contribution in [2.24, 2.45) is 0 Å². The highest BCUT2D eigenvalue weighted by Gasteiger charge is 2.11. The average molecular weight is 203 g/mol. The largest absolute Gasteiger partial charge is 0.334 e. The summed E-state index contributed by atoms with van der Waals surface area (Å²) in [5, 5.41) is 3.92. The fourth-order valence-electron chi connectivity index (χ4n) is 1.27. The normalized spacial score (nSPS) is 10.9. The smallest absolute Gasteiger partial charge is 0.258 e. The van der Waals surface area contributed by atoms with Gasteiger partial charge in [-0.2, -0.15) is 4.98 Å². The van der Waals surface area contributed by atoms with Gasteiger partial charge in [-0.15, -0.1) is 0 Å². The molecule has 0 bridgehead atoms. The minimum atomic E-state index is 0.283. The molecule has 15 heavy (non-hydrogen) atoms. The van der Waals surface area contributed by atoms with Gasteiger partial charge < -0.3 is 4.52 Å². The predicted octanol–water partition coefficient (Wildman–Crippen LogP) is 2.56. The molecule has 0 saturated heterocycles. The predicted molar refractivity (Wildman–Crippen MR) is 56.4 cm³/mol. The number of pyridine rings is 1. The van der Waals surface area contributed by atoms with Crippen molar-refractivity contribution in [1.29, 1.82) is 0 Å². The Labute approximate surface area is 88.4 Å². The molecule has 4 nitrogen and oxygen atoms in total. The Morgan fingerprint density at radius 3 is 2.73 bits per heavy atom. The van der Waals surface area contributed by atoms with Crippen molar-refractivity contribution in [2.75, 3.05) is 0 Å². The van der Waals surface area contributed by atoms with Crippen LogP contribution in [0.3, 0.4) is 0 Å². The zero-order chi connectivity index (χ0) is 10.8. The molecule has 0 atom stereocenters. The van der Waals surface area contributed by atoms with Gasteiger partial charge in [-0.1, -0.05) is 19.0 Å². The standard InChI is InChI=1S/C11H13N3O/c1-7(2)10-13-11(15-14-10)9-4-5-12-8(3)6-9/h4-7H,1-3H3. The quantitative estimate of drug-likeness (QED) is 0.752. The minimum Gasteiger partial charge on any atom is -0.334 e. The van der Waals surface area contributed by atoms with E-state index in [0.717, 1.165) is 17.1 Å². The number of rotatable bonds is 2. The first-order chi connectivity index (χ1) is 7.16. The van der Waals surface area contributed by atoms with Crippen LogP contribution in [0.5, 0.6) is 0 Å². The summed E-state index contributed by atoms with van der Waals surface area (Å²) in [4.78, 5) is 8.43. The summed E-state index contributed by atoms with van der Waals surface area (Å²) in [6, 6.07) is 3.79. The molecule has 0 aromatic carbocycles. The van der Waals surface area contributed by atoms with Gasteiger partial charge in [0.1, 0.15) is 0 Å². The van der Waals surface area contributed by atoms with E-state index in [0.29, 0.717) is 5.89 Å². The second kappa shape index (κ2) is 3.81. The summed E-state index contributed by atoms with van der Waals surface area (Å²) in [6.45, 7) is 6.00. The lowest BCUT2D eigenvalue weighted by Gasteiger charge is -1.95. The van der Waals surface area contributed by atoms with Crippen LogP contribution in [0, 0.1) is 6.92 Å². The molecule has 0 amide bonds. The molecule has 0 spiro atoms. The van der Waals surface area contributed by atoms with Gasteiger partial charge >= 0.3 is 0 Å². The first kappa shape index (κ1) is 9.83. The highest BCUT2D eigenvalue weighted by atomic mass is 16.5. The van der Waals surface area contributed by atoms with E-state index in [9.17, 15) is 0 Å². The van der Waals surface area contributed by atoms with Gasteiger partial charge in [0.2, 0.25) is 0 Å². The van der Waals surface area contributed by atoms with E-state index >= 15 is 0 Å². The fourth-order valence-corrected chi connectivity index (χ4v) is 1.27. The van der Waals surface area contributed by atoms with Crippen LogP contribution >= 0.6 is 0 Å². The third-order valence-corrected chi connectivity index (χ3v) is 2.10. The van der Waals surface area contributed by atoms with Crippen molar-refractivity contribution < 1.29 is 4.52 Å². The molecule has 0 unspecified atom stereocenters. The van der Waals surface area contributed by atoms with Crippen molar-refractivity contribution in [1.82, 2.24) is 15.1 Å². The number of aryl methyl sites for hydroxylation is 1. The Morgan fingerprint density at radius 1 is 1.33 bits per heavy atom. The summed E-state index contributed by atoms with van der Waals surface area (Å²) in [5.41, 5.74) is 1.86. The van der Waals surface area contributed by atoms with E-state index in [1.54, 1.807) is 6.20 Å². The maximum atomic E-state index is 5.18. The van der Waals surface area contributed by atoms with Crippen molar-refractivity contribution in [2.45, 2.75) is 26.7 Å². The maximum Gasteiger partial charge on any atom is 0.258 e. The van der Waals surface area contributed by atoms with E-state index in [4.69, 9.17) is 4.52 Å². The number of hydrogen-bond donors (Lipinski definition) is 0. The molecule has 2 heterocycles. The van der Waals surface area contributed by atoms with Crippen molar-refractivity contribution in [3.63, 3.8) is 0 Å². The van der Waals surface area contributed by atoms with E-state index in [1.165, 1.54) is 0 Å². The fraction of sp³-hybridized carbons (Fsp3) is 0.364. The van der Waals surface area contributed by atoms with Crippen LogP contribution in [-0.2, 0) is 0 Å². The highest BCUT2D eigenvalue weighted by Crippen LogP contribution is 2.19. The Kier molecular flexibility index (Phi) is 2.49. The summed E-state index contributed by atoms with van der Waals surface area (Å²) < 4.78 is 5.18. The monoisotopic (exact) mass is 203 g/mol. The first-order valence-corrected chi connectivity index (χ1v) is 4.93. The summed E-state index contributed by atoms with van der Waals surface area (Å²) in [6.07, 6.45) is 1.74. The van der Waals surface area contributed by atoms with Gasteiger partial charge in [-0.25, -0.2) is 0 Å². The molecule has 2 rings (SSSR count). The van der Waals surface area contributed by atoms with Gasteiger partial charge in [-0.05, 0) is 19.1 Å². The van der Waals surface area contributed by atoms with Gasteiger partial charge in [0.25, 0.3) is 5.89 Å². The Bertz CT molecular complexity index is 462. The summed E-state index contributed by atoms with van der Waals surface area (Å²) in [7, 11) is 0. The third kappa shape index (κ3) is 2.03. The number of nitrogens with zero attached hydrogens (tertiary/aromatic N) is 3. The Balaban J connectivity index is 2.37. The molecule has 0 N–H and O–H groups in total. The van der Waals surface area contributed by atoms with E-state index in [1.807, 2.05) is 32.9 Å². The zero-order valence-electron chi connectivity index (χ0n) is 9.06.